The molecule has 0 bridgehead atoms. The first-order valence-electron chi connectivity index (χ1n) is 8.63. The van der Waals surface area contributed by atoms with E-state index in [1.165, 1.54) is 12.1 Å². The Bertz CT molecular complexity index is 783. The summed E-state index contributed by atoms with van der Waals surface area (Å²) in [4.78, 5) is 18.6. The van der Waals surface area contributed by atoms with Crippen molar-refractivity contribution in [2.45, 2.75) is 37.9 Å². The molecule has 1 amide bonds. The molecule has 1 aromatic carbocycles. The van der Waals surface area contributed by atoms with Crippen LogP contribution in [0.2, 0.25) is 5.02 Å². The van der Waals surface area contributed by atoms with E-state index in [1.54, 1.807) is 17.5 Å². The minimum atomic E-state index is -4.50. The summed E-state index contributed by atoms with van der Waals surface area (Å²) < 4.78 is 38.7. The van der Waals surface area contributed by atoms with Crippen LogP contribution in [0.15, 0.2) is 29.8 Å². The Hall–Kier alpha value is -1.80. The number of aromatic nitrogens is 1. The number of nitrogens with one attached hydrogen (secondary N) is 1. The topological polar surface area (TPSA) is 45.2 Å². The zero-order chi connectivity index (χ0) is 19.4. The van der Waals surface area contributed by atoms with Crippen LogP contribution in [0, 0.1) is 0 Å². The average molecular weight is 418 g/mol. The van der Waals surface area contributed by atoms with Crippen LogP contribution < -0.4 is 10.2 Å². The average Bonchev–Trinajstić information content (AvgIpc) is 3.29. The molecule has 0 aliphatic carbocycles. The molecule has 1 atom stereocenters. The van der Waals surface area contributed by atoms with E-state index in [1.807, 2.05) is 5.38 Å². The molecule has 1 saturated heterocycles. The van der Waals surface area contributed by atoms with E-state index in [2.05, 4.69) is 15.2 Å². The minimum Gasteiger partial charge on any atom is -0.354 e. The lowest BCUT2D eigenvalue weighted by atomic mass is 10.1. The van der Waals surface area contributed by atoms with Crippen LogP contribution in [-0.4, -0.2) is 30.0 Å². The molecule has 1 aromatic heterocycles. The summed E-state index contributed by atoms with van der Waals surface area (Å²) in [5, 5.41) is 5.43. The van der Waals surface area contributed by atoms with Gasteiger partial charge >= 0.3 is 6.18 Å². The van der Waals surface area contributed by atoms with Gasteiger partial charge in [-0.3, -0.25) is 4.79 Å². The van der Waals surface area contributed by atoms with Crippen molar-refractivity contribution >= 4 is 34.0 Å². The third kappa shape index (κ3) is 5.13. The first kappa shape index (κ1) is 19.9. The number of anilines is 1. The number of benzene rings is 1. The molecule has 9 heteroatoms. The van der Waals surface area contributed by atoms with Crippen LogP contribution in [0.3, 0.4) is 0 Å². The van der Waals surface area contributed by atoms with E-state index in [0.717, 1.165) is 30.6 Å². The molecule has 27 heavy (non-hydrogen) atoms. The van der Waals surface area contributed by atoms with Gasteiger partial charge in [-0.15, -0.1) is 11.3 Å². The number of hydrogen-bond acceptors (Lipinski definition) is 4. The van der Waals surface area contributed by atoms with Crippen LogP contribution in [0.5, 0.6) is 0 Å². The van der Waals surface area contributed by atoms with E-state index in [-0.39, 0.29) is 29.8 Å². The Labute approximate surface area is 164 Å². The molecule has 1 fully saturated rings. The van der Waals surface area contributed by atoms with Crippen LogP contribution in [0.4, 0.5) is 18.3 Å². The number of aryl methyl sites for hydroxylation is 1. The molecule has 1 aliphatic heterocycles. The lowest BCUT2D eigenvalue weighted by Crippen LogP contribution is -2.40. The summed E-state index contributed by atoms with van der Waals surface area (Å²) in [6.07, 6.45) is -0.362. The van der Waals surface area contributed by atoms with Crippen molar-refractivity contribution in [1.82, 2.24) is 10.3 Å². The van der Waals surface area contributed by atoms with Gasteiger partial charge in [-0.2, -0.15) is 13.2 Å². The largest absolute Gasteiger partial charge is 0.417 e. The van der Waals surface area contributed by atoms with Gasteiger partial charge < -0.3 is 10.2 Å². The van der Waals surface area contributed by atoms with E-state index in [4.69, 9.17) is 11.6 Å². The molecular weight excluding hydrogens is 399 g/mol. The minimum absolute atomic E-state index is 0.128. The lowest BCUT2D eigenvalue weighted by Gasteiger charge is -2.24. The van der Waals surface area contributed by atoms with Gasteiger partial charge in [-0.1, -0.05) is 17.7 Å². The molecule has 3 rings (SSSR count). The second-order valence-corrected chi connectivity index (χ2v) is 7.70. The quantitative estimate of drug-likeness (QED) is 0.750. The maximum absolute atomic E-state index is 12.9. The van der Waals surface area contributed by atoms with Gasteiger partial charge in [-0.25, -0.2) is 4.98 Å². The standard InChI is InChI=1S/C18H19ClF3N3OS/c19-15-5-3-12(10-14(15)18(20,21)22)4-6-16(26)24-11-13-2-1-8-25(13)17-23-7-9-27-17/h3,5,7,9-10,13H,1-2,4,6,8,11H2,(H,24,26). The molecule has 0 spiro atoms. The van der Waals surface area contributed by atoms with Crippen molar-refractivity contribution in [3.8, 4) is 0 Å². The Morgan fingerprint density at radius 1 is 1.41 bits per heavy atom. The molecule has 1 aliphatic rings. The molecule has 0 saturated carbocycles. The Morgan fingerprint density at radius 2 is 2.22 bits per heavy atom. The Balaban J connectivity index is 1.50. The van der Waals surface area contributed by atoms with Gasteiger partial charge in [-0.05, 0) is 37.0 Å². The zero-order valence-corrected chi connectivity index (χ0v) is 16.0. The third-order valence-electron chi connectivity index (χ3n) is 4.55. The fourth-order valence-electron chi connectivity index (χ4n) is 3.18. The van der Waals surface area contributed by atoms with Crippen LogP contribution in [-0.2, 0) is 17.4 Å². The first-order valence-corrected chi connectivity index (χ1v) is 9.89. The molecular formula is C18H19ClF3N3OS. The van der Waals surface area contributed by atoms with Crippen molar-refractivity contribution in [2.75, 3.05) is 18.0 Å². The first-order chi connectivity index (χ1) is 12.8. The summed E-state index contributed by atoms with van der Waals surface area (Å²) >= 11 is 7.18. The molecule has 1 N–H and O–H groups in total. The van der Waals surface area contributed by atoms with Gasteiger partial charge in [0.15, 0.2) is 5.13 Å². The lowest BCUT2D eigenvalue weighted by molar-refractivity contribution is -0.137. The number of thiazole rings is 1. The summed E-state index contributed by atoms with van der Waals surface area (Å²) in [7, 11) is 0. The summed E-state index contributed by atoms with van der Waals surface area (Å²) in [5.74, 6) is -0.176. The van der Waals surface area contributed by atoms with Crippen LogP contribution in [0.1, 0.15) is 30.4 Å². The zero-order valence-electron chi connectivity index (χ0n) is 14.4. The monoisotopic (exact) mass is 417 g/mol. The van der Waals surface area contributed by atoms with E-state index in [9.17, 15) is 18.0 Å². The van der Waals surface area contributed by atoms with E-state index in [0.29, 0.717) is 12.1 Å². The van der Waals surface area contributed by atoms with Gasteiger partial charge in [0.2, 0.25) is 5.91 Å². The third-order valence-corrected chi connectivity index (χ3v) is 5.69. The molecule has 4 nitrogen and oxygen atoms in total. The van der Waals surface area contributed by atoms with E-state index < -0.39 is 11.7 Å². The van der Waals surface area contributed by atoms with E-state index >= 15 is 0 Å². The van der Waals surface area contributed by atoms with Crippen molar-refractivity contribution < 1.29 is 18.0 Å². The number of halogens is 4. The van der Waals surface area contributed by atoms with Gasteiger partial charge in [0.05, 0.1) is 10.6 Å². The predicted molar refractivity (Wildman–Crippen MR) is 100 cm³/mol. The summed E-state index contributed by atoms with van der Waals surface area (Å²) in [5.41, 5.74) is -0.431. The predicted octanol–water partition coefficient (Wildman–Crippen LogP) is 4.53. The summed E-state index contributed by atoms with van der Waals surface area (Å²) in [6, 6.07) is 3.96. The number of alkyl halides is 3. The maximum Gasteiger partial charge on any atom is 0.417 e. The fraction of sp³-hybridized carbons (Fsp3) is 0.444. The molecule has 2 heterocycles. The number of rotatable bonds is 6. The second kappa shape index (κ2) is 8.48. The van der Waals surface area contributed by atoms with Gasteiger partial charge in [0.25, 0.3) is 0 Å². The highest BCUT2D eigenvalue weighted by Gasteiger charge is 2.33. The normalized spacial score (nSPS) is 17.3. The number of hydrogen-bond donors (Lipinski definition) is 1. The van der Waals surface area contributed by atoms with Crippen molar-refractivity contribution in [3.05, 3.63) is 45.9 Å². The highest BCUT2D eigenvalue weighted by atomic mass is 35.5. The van der Waals surface area contributed by atoms with Gasteiger partial charge in [0, 0.05) is 37.1 Å². The Kier molecular flexibility index (Phi) is 6.26. The van der Waals surface area contributed by atoms with Crippen molar-refractivity contribution in [3.63, 3.8) is 0 Å². The maximum atomic E-state index is 12.9. The molecule has 146 valence electrons. The number of amides is 1. The second-order valence-electron chi connectivity index (χ2n) is 6.42. The van der Waals surface area contributed by atoms with Crippen LogP contribution >= 0.6 is 22.9 Å². The summed E-state index contributed by atoms with van der Waals surface area (Å²) in [6.45, 7) is 1.42. The smallest absolute Gasteiger partial charge is 0.354 e. The number of carbonyl (C=O) groups is 1. The highest BCUT2D eigenvalue weighted by molar-refractivity contribution is 7.13. The Morgan fingerprint density at radius 3 is 2.93 bits per heavy atom. The molecule has 1 unspecified atom stereocenters. The fourth-order valence-corrected chi connectivity index (χ4v) is 4.15. The highest BCUT2D eigenvalue weighted by Crippen LogP contribution is 2.35. The number of nitrogens with zero attached hydrogens (tertiary/aromatic N) is 2. The molecule has 0 radical (unpaired) electrons. The SMILES string of the molecule is O=C(CCc1ccc(Cl)c(C(F)(F)F)c1)NCC1CCCN1c1nccs1. The van der Waals surface area contributed by atoms with Crippen molar-refractivity contribution in [1.29, 1.82) is 0 Å². The molecule has 2 aromatic rings. The van der Waals surface area contributed by atoms with Crippen LogP contribution in [0.25, 0.3) is 0 Å². The van der Waals surface area contributed by atoms with Gasteiger partial charge in [0.1, 0.15) is 0 Å². The van der Waals surface area contributed by atoms with Crippen molar-refractivity contribution in [2.24, 2.45) is 0 Å². The number of carbonyl (C=O) groups excluding carboxylic acids is 1.